The van der Waals surface area contributed by atoms with Gasteiger partial charge < -0.3 is 0 Å². The quantitative estimate of drug-likeness (QED) is 0.546. The van der Waals surface area contributed by atoms with Crippen LogP contribution in [0.5, 0.6) is 0 Å². The van der Waals surface area contributed by atoms with Crippen molar-refractivity contribution in [3.63, 3.8) is 0 Å². The average molecular weight is 385 g/mol. The number of hydrogen-bond acceptors (Lipinski definition) is 2. The highest BCUT2D eigenvalue weighted by Crippen LogP contribution is 2.18. The first-order valence-electron chi connectivity index (χ1n) is 9.46. The van der Waals surface area contributed by atoms with Gasteiger partial charge in [0.1, 0.15) is 0 Å². The molecule has 0 N–H and O–H groups in total. The van der Waals surface area contributed by atoms with Crippen LogP contribution in [-0.2, 0) is 13.1 Å². The van der Waals surface area contributed by atoms with E-state index in [0.717, 1.165) is 18.6 Å². The molecule has 0 saturated heterocycles. The molecule has 0 radical (unpaired) electrons. The minimum absolute atomic E-state index is 0.475. The third kappa shape index (κ3) is 6.47. The highest BCUT2D eigenvalue weighted by atomic mass is 35.5. The molecule has 0 fully saturated rings. The van der Waals surface area contributed by atoms with Crippen LogP contribution in [0.3, 0.4) is 0 Å². The van der Waals surface area contributed by atoms with Gasteiger partial charge in [0.05, 0.1) is 0 Å². The molecule has 1 aromatic rings. The van der Waals surface area contributed by atoms with Crippen molar-refractivity contribution in [1.82, 2.24) is 9.80 Å². The van der Waals surface area contributed by atoms with Gasteiger partial charge in [-0.2, -0.15) is 22.9 Å². The summed E-state index contributed by atoms with van der Waals surface area (Å²) in [5.74, 6) is 0. The van der Waals surface area contributed by atoms with Crippen LogP contribution in [0.4, 0.5) is 0 Å². The molecule has 1 aromatic carbocycles. The molecule has 0 aromatic heterocycles. The summed E-state index contributed by atoms with van der Waals surface area (Å²) < 4.78 is 0. The monoisotopic (exact) mass is 384 g/mol. The molecule has 0 amide bonds. The van der Waals surface area contributed by atoms with E-state index in [2.05, 4.69) is 83.4 Å². The van der Waals surface area contributed by atoms with E-state index in [1.54, 1.807) is 0 Å². The number of halogens is 2. The van der Waals surface area contributed by atoms with Crippen molar-refractivity contribution in [2.45, 2.75) is 92.6 Å². The van der Waals surface area contributed by atoms with Gasteiger partial charge in [-0.05, 0) is 72.0 Å². The molecule has 25 heavy (non-hydrogen) atoms. The minimum atomic E-state index is -0.506. The predicted molar refractivity (Wildman–Crippen MR) is 115 cm³/mol. The molecule has 142 valence electrons. The van der Waals surface area contributed by atoms with Gasteiger partial charge in [0.2, 0.25) is 0 Å². The zero-order chi connectivity index (χ0) is 19.3. The number of benzene rings is 1. The van der Waals surface area contributed by atoms with E-state index in [9.17, 15) is 0 Å². The maximum absolute atomic E-state index is 6.43. The lowest BCUT2D eigenvalue weighted by molar-refractivity contribution is 0.164. The van der Waals surface area contributed by atoms with E-state index in [0.29, 0.717) is 24.2 Å². The van der Waals surface area contributed by atoms with Crippen LogP contribution in [0.15, 0.2) is 18.2 Å². The fourth-order valence-corrected chi connectivity index (χ4v) is 4.10. The van der Waals surface area contributed by atoms with Gasteiger partial charge in [-0.25, -0.2) is 0 Å². The van der Waals surface area contributed by atoms with E-state index < -0.39 is 5.54 Å². The Morgan fingerprint density at radius 2 is 1.04 bits per heavy atom. The van der Waals surface area contributed by atoms with Crippen molar-refractivity contribution in [3.05, 3.63) is 29.3 Å². The summed E-state index contributed by atoms with van der Waals surface area (Å²) in [7, 11) is 0. The minimum Gasteiger partial charge on any atom is -0.294 e. The second-order valence-corrected chi connectivity index (χ2v) is 9.11. The Balaban J connectivity index is 3.25. The van der Waals surface area contributed by atoms with Gasteiger partial charge >= 0.3 is 5.54 Å². The lowest BCUT2D eigenvalue weighted by Crippen LogP contribution is -2.41. The van der Waals surface area contributed by atoms with Crippen molar-refractivity contribution < 1.29 is 0 Å². The number of rotatable bonds is 9. The molecule has 0 bridgehead atoms. The summed E-state index contributed by atoms with van der Waals surface area (Å²) in [4.78, 5) is 4.95. The predicted octanol–water partition coefficient (Wildman–Crippen LogP) is 5.10. The van der Waals surface area contributed by atoms with Crippen molar-refractivity contribution >= 4 is 33.9 Å². The van der Waals surface area contributed by atoms with Crippen LogP contribution < -0.4 is 5.46 Å². The van der Waals surface area contributed by atoms with E-state index >= 15 is 0 Å². The van der Waals surface area contributed by atoms with E-state index in [1.165, 1.54) is 11.1 Å². The second-order valence-electron chi connectivity index (χ2n) is 8.01. The van der Waals surface area contributed by atoms with E-state index in [-0.39, 0.29) is 0 Å². The molecule has 0 aliphatic heterocycles. The van der Waals surface area contributed by atoms with Crippen LogP contribution in [0.25, 0.3) is 0 Å². The van der Waals surface area contributed by atoms with Crippen molar-refractivity contribution in [2.75, 3.05) is 0 Å². The Morgan fingerprint density at radius 3 is 1.28 bits per heavy atom. The first kappa shape index (κ1) is 22.8. The number of hydrogen-bond donors (Lipinski definition) is 0. The molecule has 2 nitrogen and oxygen atoms in total. The third-order valence-corrected chi connectivity index (χ3v) is 5.30. The normalized spacial score (nSPS) is 12.5. The molecule has 0 atom stereocenters. The maximum Gasteiger partial charge on any atom is 0.383 e. The summed E-state index contributed by atoms with van der Waals surface area (Å²) >= 11 is 12.9. The van der Waals surface area contributed by atoms with Crippen LogP contribution >= 0.6 is 22.9 Å². The molecule has 0 unspecified atom stereocenters. The molecule has 0 heterocycles. The first-order chi connectivity index (χ1) is 11.6. The summed E-state index contributed by atoms with van der Waals surface area (Å²) in [5.41, 5.74) is 3.06. The van der Waals surface area contributed by atoms with E-state index in [1.807, 2.05) is 0 Å². The van der Waals surface area contributed by atoms with E-state index in [4.69, 9.17) is 22.9 Å². The molecule has 0 saturated carbocycles. The second kappa shape index (κ2) is 10.2. The standard InChI is InChI=1S/C20H35BCl2N2/c1-14(2)24(15(3)4)12-18-10-9-11-19(20(18)21(22)23)13-25(16(5)6)17(7)8/h9-11,14-17H,12-13H2,1-8H3. The molecule has 1 rings (SSSR count). The van der Waals surface area contributed by atoms with Crippen LogP contribution in [0, 0.1) is 0 Å². The molecule has 5 heteroatoms. The third-order valence-electron chi connectivity index (χ3n) is 4.86. The fourth-order valence-electron chi connectivity index (χ4n) is 3.54. The zero-order valence-electron chi connectivity index (χ0n) is 17.2. The highest BCUT2D eigenvalue weighted by molar-refractivity contribution is 7.39. The summed E-state index contributed by atoms with van der Waals surface area (Å²) in [6.07, 6.45) is 0. The molecule has 0 spiro atoms. The van der Waals surface area contributed by atoms with Gasteiger partial charge in [-0.3, -0.25) is 9.80 Å². The lowest BCUT2D eigenvalue weighted by Gasteiger charge is -2.33. The fraction of sp³-hybridized carbons (Fsp3) is 0.700. The van der Waals surface area contributed by atoms with Gasteiger partial charge in [0, 0.05) is 37.3 Å². The Morgan fingerprint density at radius 1 is 0.720 bits per heavy atom. The topological polar surface area (TPSA) is 6.48 Å². The summed E-state index contributed by atoms with van der Waals surface area (Å²) in [6, 6.07) is 8.38. The maximum atomic E-state index is 6.43. The molecular weight excluding hydrogens is 350 g/mol. The van der Waals surface area contributed by atoms with Crippen LogP contribution in [0.1, 0.15) is 66.5 Å². The first-order valence-corrected chi connectivity index (χ1v) is 10.3. The Hall–Kier alpha value is -0.215. The molecular formula is C20H35BCl2N2. The lowest BCUT2D eigenvalue weighted by atomic mass is 9.82. The van der Waals surface area contributed by atoms with Crippen molar-refractivity contribution in [2.24, 2.45) is 0 Å². The molecule has 0 aliphatic rings. The van der Waals surface area contributed by atoms with Gasteiger partial charge in [0.25, 0.3) is 0 Å². The smallest absolute Gasteiger partial charge is 0.294 e. The van der Waals surface area contributed by atoms with Crippen molar-refractivity contribution in [3.8, 4) is 0 Å². The van der Waals surface area contributed by atoms with Gasteiger partial charge in [-0.15, -0.1) is 0 Å². The van der Waals surface area contributed by atoms with Gasteiger partial charge in [0.15, 0.2) is 0 Å². The summed E-state index contributed by atoms with van der Waals surface area (Å²) in [5, 5.41) is 0. The Bertz CT molecular complexity index is 474. The zero-order valence-corrected chi connectivity index (χ0v) is 18.7. The highest BCUT2D eigenvalue weighted by Gasteiger charge is 2.24. The van der Waals surface area contributed by atoms with Gasteiger partial charge in [-0.1, -0.05) is 18.2 Å². The largest absolute Gasteiger partial charge is 0.383 e. The molecule has 0 aliphatic carbocycles. The van der Waals surface area contributed by atoms with Crippen molar-refractivity contribution in [1.29, 1.82) is 0 Å². The Kier molecular flexibility index (Phi) is 9.32. The van der Waals surface area contributed by atoms with Crippen LogP contribution in [0.2, 0.25) is 0 Å². The summed E-state index contributed by atoms with van der Waals surface area (Å²) in [6.45, 7) is 19.6. The average Bonchev–Trinajstić information content (AvgIpc) is 2.48. The van der Waals surface area contributed by atoms with Crippen LogP contribution in [-0.4, -0.2) is 39.5 Å². The SMILES string of the molecule is CC(C)N(Cc1cccc(CN(C(C)C)C(C)C)c1B(Cl)Cl)C(C)C. The Labute approximate surface area is 165 Å². The number of nitrogens with zero attached hydrogens (tertiary/aromatic N) is 2.